The van der Waals surface area contributed by atoms with E-state index in [2.05, 4.69) is 51.8 Å². The van der Waals surface area contributed by atoms with Crippen molar-refractivity contribution in [3.8, 4) is 0 Å². The van der Waals surface area contributed by atoms with Crippen LogP contribution in [0.1, 0.15) is 58.6 Å². The molecule has 31 heavy (non-hydrogen) atoms. The van der Waals surface area contributed by atoms with Crippen LogP contribution in [0.15, 0.2) is 79.9 Å². The molecule has 1 aromatic heterocycles. The van der Waals surface area contributed by atoms with Crippen molar-refractivity contribution in [2.24, 2.45) is 21.1 Å². The largest absolute Gasteiger partial charge is 0.460 e. The molecule has 0 bridgehead atoms. The Kier molecular flexibility index (Phi) is 6.04. The fourth-order valence-electron chi connectivity index (χ4n) is 3.41. The van der Waals surface area contributed by atoms with Crippen LogP contribution in [0.4, 0.5) is 5.69 Å². The SMILES string of the molecule is Cc1ccc(N=NC(=C2C=C(C(C)(C)C)C(=O)C(C(C)(C)C)=C2)c2ccc(C)o2)cc1. The molecule has 0 spiro atoms. The van der Waals surface area contributed by atoms with E-state index < -0.39 is 0 Å². The number of aryl methyl sites for hydroxylation is 2. The molecule has 0 aliphatic heterocycles. The minimum Gasteiger partial charge on any atom is -0.460 e. The Balaban J connectivity index is 2.25. The molecule has 0 unspecified atom stereocenters. The molecular weight excluding hydrogens is 384 g/mol. The fourth-order valence-corrected chi connectivity index (χ4v) is 3.41. The lowest BCUT2D eigenvalue weighted by atomic mass is 9.71. The van der Waals surface area contributed by atoms with Gasteiger partial charge in [-0.25, -0.2) is 0 Å². The fraction of sp³-hybridized carbons (Fsp3) is 0.370. The number of azo groups is 1. The number of carbonyl (C=O) groups excluding carboxylic acids is 1. The molecule has 3 rings (SSSR count). The molecule has 0 radical (unpaired) electrons. The molecule has 1 aliphatic carbocycles. The molecule has 0 fully saturated rings. The van der Waals surface area contributed by atoms with E-state index in [9.17, 15) is 4.79 Å². The summed E-state index contributed by atoms with van der Waals surface area (Å²) in [6, 6.07) is 11.7. The van der Waals surface area contributed by atoms with Crippen molar-refractivity contribution in [3.05, 3.63) is 82.4 Å². The second-order valence-electron chi connectivity index (χ2n) is 10.2. The number of furan rings is 1. The van der Waals surface area contributed by atoms with E-state index in [0.29, 0.717) is 11.5 Å². The topological polar surface area (TPSA) is 54.9 Å². The van der Waals surface area contributed by atoms with Crippen LogP contribution in [0.5, 0.6) is 0 Å². The minimum atomic E-state index is -0.300. The summed E-state index contributed by atoms with van der Waals surface area (Å²) in [5, 5.41) is 9.06. The highest BCUT2D eigenvalue weighted by atomic mass is 16.3. The van der Waals surface area contributed by atoms with E-state index in [1.54, 1.807) is 0 Å². The molecule has 0 atom stereocenters. The first kappa shape index (κ1) is 22.7. The molecule has 0 N–H and O–H groups in total. The highest BCUT2D eigenvalue weighted by molar-refractivity contribution is 6.12. The zero-order valence-electron chi connectivity index (χ0n) is 19.8. The van der Waals surface area contributed by atoms with Crippen LogP contribution < -0.4 is 0 Å². The van der Waals surface area contributed by atoms with Crippen LogP contribution >= 0.6 is 0 Å². The standard InChI is InChI=1S/C27H32N2O2/c1-17-9-12-20(13-10-17)28-29-24(23-14-11-18(2)31-23)19-15-21(26(3,4)5)25(30)22(16-19)27(6,7)8/h9-16H,1-8H3. The van der Waals surface area contributed by atoms with E-state index in [1.807, 2.05) is 62.4 Å². The number of hydrogen-bond donors (Lipinski definition) is 0. The van der Waals surface area contributed by atoms with Gasteiger partial charge in [0, 0.05) is 16.7 Å². The maximum atomic E-state index is 13.3. The van der Waals surface area contributed by atoms with Crippen LogP contribution in [-0.2, 0) is 4.79 Å². The summed E-state index contributed by atoms with van der Waals surface area (Å²) in [6.45, 7) is 16.3. The summed E-state index contributed by atoms with van der Waals surface area (Å²) in [4.78, 5) is 13.3. The van der Waals surface area contributed by atoms with E-state index in [-0.39, 0.29) is 16.6 Å². The summed E-state index contributed by atoms with van der Waals surface area (Å²) >= 11 is 0. The molecular formula is C27H32N2O2. The van der Waals surface area contributed by atoms with Crippen molar-refractivity contribution >= 4 is 17.2 Å². The third kappa shape index (κ3) is 5.19. The van der Waals surface area contributed by atoms with E-state index >= 15 is 0 Å². The molecule has 4 nitrogen and oxygen atoms in total. The monoisotopic (exact) mass is 416 g/mol. The molecule has 1 aromatic carbocycles. The smallest absolute Gasteiger partial charge is 0.186 e. The lowest BCUT2D eigenvalue weighted by Crippen LogP contribution is -2.28. The van der Waals surface area contributed by atoms with Crippen LogP contribution in [0, 0.1) is 24.7 Å². The summed E-state index contributed by atoms with van der Waals surface area (Å²) in [5.41, 5.74) is 4.31. The normalized spacial score (nSPS) is 15.4. The number of hydrogen-bond acceptors (Lipinski definition) is 4. The molecule has 0 amide bonds. The second-order valence-corrected chi connectivity index (χ2v) is 10.2. The Morgan fingerprint density at radius 3 is 1.81 bits per heavy atom. The molecule has 2 aromatic rings. The van der Waals surface area contributed by atoms with Gasteiger partial charge in [0.1, 0.15) is 11.5 Å². The Bertz CT molecular complexity index is 1070. The average Bonchev–Trinajstić information content (AvgIpc) is 3.08. The third-order valence-corrected chi connectivity index (χ3v) is 5.25. The van der Waals surface area contributed by atoms with Crippen molar-refractivity contribution in [1.82, 2.24) is 0 Å². The lowest BCUT2D eigenvalue weighted by molar-refractivity contribution is -0.114. The van der Waals surface area contributed by atoms with Crippen molar-refractivity contribution in [1.29, 1.82) is 0 Å². The molecule has 0 saturated heterocycles. The predicted octanol–water partition coefficient (Wildman–Crippen LogP) is 7.92. The highest BCUT2D eigenvalue weighted by Gasteiger charge is 2.35. The van der Waals surface area contributed by atoms with Crippen LogP contribution in [0.25, 0.3) is 5.70 Å². The van der Waals surface area contributed by atoms with Gasteiger partial charge in [0.25, 0.3) is 0 Å². The summed E-state index contributed by atoms with van der Waals surface area (Å²) in [5.74, 6) is 1.52. The Hall–Kier alpha value is -3.01. The van der Waals surface area contributed by atoms with Crippen molar-refractivity contribution < 1.29 is 9.21 Å². The molecule has 1 aliphatic rings. The maximum Gasteiger partial charge on any atom is 0.186 e. The van der Waals surface area contributed by atoms with E-state index in [4.69, 9.17) is 4.42 Å². The van der Waals surface area contributed by atoms with Gasteiger partial charge in [-0.3, -0.25) is 4.79 Å². The van der Waals surface area contributed by atoms with Crippen LogP contribution in [0.2, 0.25) is 0 Å². The molecule has 162 valence electrons. The van der Waals surface area contributed by atoms with Gasteiger partial charge in [0.2, 0.25) is 0 Å². The van der Waals surface area contributed by atoms with Gasteiger partial charge in [-0.1, -0.05) is 59.2 Å². The zero-order valence-corrected chi connectivity index (χ0v) is 19.8. The first-order chi connectivity index (χ1) is 14.4. The number of Topliss-reactive ketones (excluding diaryl/α,β-unsaturated/α-hetero) is 1. The van der Waals surface area contributed by atoms with Gasteiger partial charge in [-0.05, 0) is 61.1 Å². The molecule has 0 saturated carbocycles. The third-order valence-electron chi connectivity index (χ3n) is 5.25. The summed E-state index contributed by atoms with van der Waals surface area (Å²) < 4.78 is 5.92. The molecule has 4 heteroatoms. The van der Waals surface area contributed by atoms with Gasteiger partial charge < -0.3 is 4.42 Å². The van der Waals surface area contributed by atoms with Gasteiger partial charge in [-0.2, -0.15) is 5.11 Å². The van der Waals surface area contributed by atoms with E-state index in [1.165, 1.54) is 5.56 Å². The number of carbonyl (C=O) groups is 1. The number of benzene rings is 1. The number of rotatable bonds is 3. The van der Waals surface area contributed by atoms with Gasteiger partial charge in [0.15, 0.2) is 11.5 Å². The summed E-state index contributed by atoms with van der Waals surface area (Å²) in [6.07, 6.45) is 3.89. The second kappa shape index (κ2) is 8.26. The Labute approximate surface area is 185 Å². The Morgan fingerprint density at radius 1 is 0.806 bits per heavy atom. The van der Waals surface area contributed by atoms with Crippen molar-refractivity contribution in [3.63, 3.8) is 0 Å². The average molecular weight is 417 g/mol. The molecule has 1 heterocycles. The van der Waals surface area contributed by atoms with Crippen molar-refractivity contribution in [2.45, 2.75) is 55.4 Å². The lowest BCUT2D eigenvalue weighted by Gasteiger charge is -2.31. The summed E-state index contributed by atoms with van der Waals surface area (Å²) in [7, 11) is 0. The van der Waals surface area contributed by atoms with E-state index in [0.717, 1.165) is 28.2 Å². The van der Waals surface area contributed by atoms with Crippen LogP contribution in [0.3, 0.4) is 0 Å². The number of ketones is 1. The Morgan fingerprint density at radius 2 is 1.35 bits per heavy atom. The number of nitrogens with zero attached hydrogens (tertiary/aromatic N) is 2. The quantitative estimate of drug-likeness (QED) is 0.477. The van der Waals surface area contributed by atoms with Crippen molar-refractivity contribution in [2.75, 3.05) is 0 Å². The number of allylic oxidation sites excluding steroid dienone is 5. The van der Waals surface area contributed by atoms with Gasteiger partial charge >= 0.3 is 0 Å². The highest BCUT2D eigenvalue weighted by Crippen LogP contribution is 2.41. The maximum absolute atomic E-state index is 13.3. The van der Waals surface area contributed by atoms with Gasteiger partial charge in [0.05, 0.1) is 5.69 Å². The van der Waals surface area contributed by atoms with Gasteiger partial charge in [-0.15, -0.1) is 5.11 Å². The first-order valence-corrected chi connectivity index (χ1v) is 10.6. The zero-order chi connectivity index (χ0) is 23.0. The van der Waals surface area contributed by atoms with Crippen LogP contribution in [-0.4, -0.2) is 5.78 Å². The minimum absolute atomic E-state index is 0.0919. The predicted molar refractivity (Wildman–Crippen MR) is 126 cm³/mol. The first-order valence-electron chi connectivity index (χ1n) is 10.6.